The molecule has 1 aromatic rings. The Labute approximate surface area is 140 Å². The summed E-state index contributed by atoms with van der Waals surface area (Å²) in [5, 5.41) is 5.50. The first kappa shape index (κ1) is 18.2. The number of hydrogen-bond acceptors (Lipinski definition) is 2. The van der Waals surface area contributed by atoms with Crippen molar-refractivity contribution in [3.05, 3.63) is 29.8 Å². The first-order valence-electron chi connectivity index (χ1n) is 8.15. The molecule has 1 saturated carbocycles. The van der Waals surface area contributed by atoms with Gasteiger partial charge >= 0.3 is 6.03 Å². The van der Waals surface area contributed by atoms with Gasteiger partial charge in [0.25, 0.3) is 6.43 Å². The van der Waals surface area contributed by atoms with Crippen LogP contribution < -0.4 is 10.6 Å². The molecule has 0 bridgehead atoms. The molecule has 1 aliphatic rings. The van der Waals surface area contributed by atoms with Gasteiger partial charge in [-0.05, 0) is 37.5 Å². The molecule has 5 nitrogen and oxygen atoms in total. The number of carbonyl (C=O) groups is 2. The van der Waals surface area contributed by atoms with Crippen LogP contribution in [0.25, 0.3) is 0 Å². The van der Waals surface area contributed by atoms with Gasteiger partial charge in [-0.15, -0.1) is 0 Å². The molecule has 0 radical (unpaired) electrons. The van der Waals surface area contributed by atoms with Crippen LogP contribution in [0.15, 0.2) is 24.3 Å². The van der Waals surface area contributed by atoms with Gasteiger partial charge in [0.15, 0.2) is 0 Å². The van der Waals surface area contributed by atoms with Crippen LogP contribution in [0.3, 0.4) is 0 Å². The van der Waals surface area contributed by atoms with Crippen LogP contribution in [0.5, 0.6) is 0 Å². The van der Waals surface area contributed by atoms with Crippen molar-refractivity contribution in [3.63, 3.8) is 0 Å². The number of nitrogens with zero attached hydrogens (tertiary/aromatic N) is 1. The van der Waals surface area contributed by atoms with Gasteiger partial charge in [-0.2, -0.15) is 0 Å². The molecule has 7 heteroatoms. The highest BCUT2D eigenvalue weighted by Gasteiger charge is 2.34. The van der Waals surface area contributed by atoms with Crippen molar-refractivity contribution < 1.29 is 18.4 Å². The Hall–Kier alpha value is -2.18. The maximum absolute atomic E-state index is 12.6. The molecule has 0 heterocycles. The zero-order valence-corrected chi connectivity index (χ0v) is 13.9. The van der Waals surface area contributed by atoms with Gasteiger partial charge < -0.3 is 15.5 Å². The third-order valence-electron chi connectivity index (χ3n) is 3.94. The van der Waals surface area contributed by atoms with E-state index in [0.29, 0.717) is 12.1 Å². The molecule has 0 aliphatic heterocycles. The highest BCUT2D eigenvalue weighted by Crippen LogP contribution is 2.28. The molecule has 1 unspecified atom stereocenters. The molecular formula is C17H23F2N3O2. The normalized spacial score (nSPS) is 15.0. The number of amides is 3. The van der Waals surface area contributed by atoms with E-state index in [2.05, 4.69) is 10.6 Å². The molecule has 24 heavy (non-hydrogen) atoms. The number of hydrogen-bond donors (Lipinski definition) is 2. The second kappa shape index (κ2) is 8.08. The first-order chi connectivity index (χ1) is 11.4. The van der Waals surface area contributed by atoms with Crippen LogP contribution in [0.2, 0.25) is 0 Å². The monoisotopic (exact) mass is 339 g/mol. The Balaban J connectivity index is 1.94. The fourth-order valence-corrected chi connectivity index (χ4v) is 2.39. The number of anilines is 1. The Kier molecular flexibility index (Phi) is 6.11. The summed E-state index contributed by atoms with van der Waals surface area (Å²) >= 11 is 0. The van der Waals surface area contributed by atoms with Crippen LogP contribution in [-0.2, 0) is 4.79 Å². The second-order valence-electron chi connectivity index (χ2n) is 5.97. The van der Waals surface area contributed by atoms with E-state index in [4.69, 9.17) is 0 Å². The quantitative estimate of drug-likeness (QED) is 0.798. The Morgan fingerprint density at radius 3 is 2.38 bits per heavy atom. The van der Waals surface area contributed by atoms with Gasteiger partial charge in [-0.25, -0.2) is 13.6 Å². The molecule has 1 aliphatic carbocycles. The van der Waals surface area contributed by atoms with Crippen molar-refractivity contribution in [2.75, 3.05) is 11.9 Å². The molecular weight excluding hydrogens is 316 g/mol. The van der Waals surface area contributed by atoms with Gasteiger partial charge in [0, 0.05) is 18.2 Å². The average Bonchev–Trinajstić information content (AvgIpc) is 3.37. The van der Waals surface area contributed by atoms with Gasteiger partial charge in [0.05, 0.1) is 12.6 Å². The van der Waals surface area contributed by atoms with E-state index in [9.17, 15) is 18.4 Å². The third kappa shape index (κ3) is 5.18. The Bertz CT molecular complexity index is 574. The molecule has 0 saturated heterocycles. The summed E-state index contributed by atoms with van der Waals surface area (Å²) in [6, 6.07) is 6.25. The summed E-state index contributed by atoms with van der Waals surface area (Å²) in [4.78, 5) is 24.8. The van der Waals surface area contributed by atoms with Gasteiger partial charge in [-0.1, -0.05) is 19.1 Å². The lowest BCUT2D eigenvalue weighted by atomic mass is 10.1. The van der Waals surface area contributed by atoms with Crippen molar-refractivity contribution in [1.82, 2.24) is 10.2 Å². The number of urea groups is 1. The van der Waals surface area contributed by atoms with E-state index in [0.717, 1.165) is 18.4 Å². The Morgan fingerprint density at radius 2 is 1.88 bits per heavy atom. The number of benzene rings is 1. The lowest BCUT2D eigenvalue weighted by Crippen LogP contribution is -2.44. The first-order valence-corrected chi connectivity index (χ1v) is 8.15. The third-order valence-corrected chi connectivity index (χ3v) is 3.94. The molecule has 0 aromatic heterocycles. The van der Waals surface area contributed by atoms with Crippen molar-refractivity contribution >= 4 is 17.6 Å². The minimum absolute atomic E-state index is 0.0715. The zero-order chi connectivity index (χ0) is 17.7. The molecule has 2 rings (SSSR count). The van der Waals surface area contributed by atoms with Crippen molar-refractivity contribution in [3.8, 4) is 0 Å². The fourth-order valence-electron chi connectivity index (χ4n) is 2.39. The topological polar surface area (TPSA) is 61.4 Å². The summed E-state index contributed by atoms with van der Waals surface area (Å²) in [5.41, 5.74) is 1.52. The molecule has 2 N–H and O–H groups in total. The fraction of sp³-hybridized carbons (Fsp3) is 0.529. The number of carbonyl (C=O) groups excluding carboxylic acids is 2. The smallest absolute Gasteiger partial charge is 0.318 e. The summed E-state index contributed by atoms with van der Waals surface area (Å²) in [5.74, 6) is -0.0730. The number of rotatable bonds is 7. The van der Waals surface area contributed by atoms with E-state index in [1.54, 1.807) is 38.1 Å². The molecule has 1 fully saturated rings. The van der Waals surface area contributed by atoms with Crippen molar-refractivity contribution in [2.45, 2.75) is 51.6 Å². The minimum Gasteiger partial charge on any atom is -0.331 e. The summed E-state index contributed by atoms with van der Waals surface area (Å²) in [6.45, 7) is 3.03. The summed E-state index contributed by atoms with van der Waals surface area (Å²) < 4.78 is 25.2. The second-order valence-corrected chi connectivity index (χ2v) is 5.97. The standard InChI is InChI=1S/C17H23F2N3O2/c1-3-16(23)21-13-6-4-12(5-7-13)11(2)20-17(24)22(10-15(18)19)14-8-9-14/h4-7,11,14-15H,3,8-10H2,1-2H3,(H,20,24)(H,21,23). The molecule has 132 valence electrons. The SMILES string of the molecule is CCC(=O)Nc1ccc(C(C)NC(=O)N(CC(F)F)C2CC2)cc1. The van der Waals surface area contributed by atoms with Crippen molar-refractivity contribution in [1.29, 1.82) is 0 Å². The number of halogens is 2. The maximum atomic E-state index is 12.6. The van der Waals surface area contributed by atoms with Crippen LogP contribution in [0.4, 0.5) is 19.3 Å². The predicted octanol–water partition coefficient (Wildman–Crippen LogP) is 3.54. The average molecular weight is 339 g/mol. The van der Waals surface area contributed by atoms with E-state index < -0.39 is 19.0 Å². The zero-order valence-electron chi connectivity index (χ0n) is 13.9. The van der Waals surface area contributed by atoms with E-state index in [1.165, 1.54) is 4.90 Å². The lowest BCUT2D eigenvalue weighted by molar-refractivity contribution is -0.115. The van der Waals surface area contributed by atoms with Gasteiger partial charge in [-0.3, -0.25) is 4.79 Å². The predicted molar refractivity (Wildman–Crippen MR) is 88.0 cm³/mol. The van der Waals surface area contributed by atoms with Gasteiger partial charge in [0.1, 0.15) is 0 Å². The highest BCUT2D eigenvalue weighted by molar-refractivity contribution is 5.90. The van der Waals surface area contributed by atoms with Crippen LogP contribution >= 0.6 is 0 Å². The summed E-state index contributed by atoms with van der Waals surface area (Å²) in [7, 11) is 0. The lowest BCUT2D eigenvalue weighted by Gasteiger charge is -2.25. The largest absolute Gasteiger partial charge is 0.331 e. The molecule has 1 atom stereocenters. The Morgan fingerprint density at radius 1 is 1.25 bits per heavy atom. The molecule has 0 spiro atoms. The minimum atomic E-state index is -2.53. The number of nitrogens with one attached hydrogen (secondary N) is 2. The molecule has 3 amide bonds. The molecule has 1 aromatic carbocycles. The maximum Gasteiger partial charge on any atom is 0.318 e. The van der Waals surface area contributed by atoms with E-state index in [-0.39, 0.29) is 18.0 Å². The highest BCUT2D eigenvalue weighted by atomic mass is 19.3. The van der Waals surface area contributed by atoms with Crippen LogP contribution in [0.1, 0.15) is 44.7 Å². The summed E-state index contributed by atoms with van der Waals surface area (Å²) in [6.07, 6.45) is -0.580. The number of alkyl halides is 2. The van der Waals surface area contributed by atoms with Gasteiger partial charge in [0.2, 0.25) is 5.91 Å². The van der Waals surface area contributed by atoms with Crippen LogP contribution in [0, 0.1) is 0 Å². The van der Waals surface area contributed by atoms with E-state index in [1.807, 2.05) is 0 Å². The van der Waals surface area contributed by atoms with Crippen molar-refractivity contribution in [2.24, 2.45) is 0 Å². The van der Waals surface area contributed by atoms with E-state index >= 15 is 0 Å². The van der Waals surface area contributed by atoms with Crippen LogP contribution in [-0.4, -0.2) is 35.9 Å².